The van der Waals surface area contributed by atoms with Crippen molar-refractivity contribution in [2.75, 3.05) is 19.6 Å². The zero-order chi connectivity index (χ0) is 12.5. The van der Waals surface area contributed by atoms with Gasteiger partial charge in [0, 0.05) is 13.1 Å². The average Bonchev–Trinajstić information content (AvgIpc) is 2.98. The molecule has 0 saturated carbocycles. The van der Waals surface area contributed by atoms with Crippen LogP contribution >= 0.6 is 0 Å². The third-order valence-corrected chi connectivity index (χ3v) is 4.15. The Morgan fingerprint density at radius 1 is 1.53 bits per heavy atom. The smallest absolute Gasteiger partial charge is 0.311 e. The summed E-state index contributed by atoms with van der Waals surface area (Å²) in [6, 6.07) is -0.0866. The summed E-state index contributed by atoms with van der Waals surface area (Å²) in [6.45, 7) is 3.73. The molecule has 2 heterocycles. The predicted octanol–water partition coefficient (Wildman–Crippen LogP) is 0.452. The maximum Gasteiger partial charge on any atom is 0.311 e. The highest BCUT2D eigenvalue weighted by molar-refractivity contribution is 5.84. The minimum absolute atomic E-state index is 0.0825. The molecule has 2 fully saturated rings. The van der Waals surface area contributed by atoms with Crippen molar-refractivity contribution in [1.82, 2.24) is 10.2 Å². The van der Waals surface area contributed by atoms with Crippen molar-refractivity contribution < 1.29 is 14.7 Å². The van der Waals surface area contributed by atoms with Crippen LogP contribution in [0.15, 0.2) is 0 Å². The number of carbonyl (C=O) groups excluding carboxylic acids is 1. The molecule has 0 aromatic carbocycles. The topological polar surface area (TPSA) is 69.6 Å². The summed E-state index contributed by atoms with van der Waals surface area (Å²) in [5.41, 5.74) is -0.714. The monoisotopic (exact) mass is 240 g/mol. The number of aliphatic carboxylic acids is 1. The van der Waals surface area contributed by atoms with Crippen molar-refractivity contribution in [2.24, 2.45) is 5.41 Å². The van der Waals surface area contributed by atoms with Gasteiger partial charge in [-0.25, -0.2) is 0 Å². The van der Waals surface area contributed by atoms with E-state index in [4.69, 9.17) is 0 Å². The lowest BCUT2D eigenvalue weighted by Crippen LogP contribution is -2.44. The fraction of sp³-hybridized carbons (Fsp3) is 0.833. The van der Waals surface area contributed by atoms with Crippen LogP contribution < -0.4 is 5.32 Å². The van der Waals surface area contributed by atoms with Gasteiger partial charge in [-0.05, 0) is 32.2 Å². The number of likely N-dealkylation sites (tertiary alicyclic amines) is 1. The lowest BCUT2D eigenvalue weighted by Gasteiger charge is -2.24. The summed E-state index contributed by atoms with van der Waals surface area (Å²) in [5, 5.41) is 12.4. The number of rotatable bonds is 3. The summed E-state index contributed by atoms with van der Waals surface area (Å²) in [7, 11) is 0. The van der Waals surface area contributed by atoms with Crippen LogP contribution in [-0.4, -0.2) is 47.6 Å². The second-order valence-corrected chi connectivity index (χ2v) is 5.10. The van der Waals surface area contributed by atoms with E-state index < -0.39 is 11.4 Å². The molecule has 17 heavy (non-hydrogen) atoms. The Morgan fingerprint density at radius 2 is 2.29 bits per heavy atom. The molecule has 2 aliphatic heterocycles. The first kappa shape index (κ1) is 12.4. The van der Waals surface area contributed by atoms with Gasteiger partial charge in [0.05, 0.1) is 11.5 Å². The maximum absolute atomic E-state index is 12.1. The number of nitrogens with zero attached hydrogens (tertiary/aromatic N) is 1. The van der Waals surface area contributed by atoms with Crippen LogP contribution in [0.5, 0.6) is 0 Å². The Kier molecular flexibility index (Phi) is 3.38. The number of hydrogen-bond acceptors (Lipinski definition) is 3. The van der Waals surface area contributed by atoms with Crippen LogP contribution in [-0.2, 0) is 9.59 Å². The quantitative estimate of drug-likeness (QED) is 0.751. The molecular weight excluding hydrogens is 220 g/mol. The predicted molar refractivity (Wildman–Crippen MR) is 62.6 cm³/mol. The van der Waals surface area contributed by atoms with E-state index >= 15 is 0 Å². The van der Waals surface area contributed by atoms with Crippen molar-refractivity contribution in [2.45, 2.75) is 38.6 Å². The maximum atomic E-state index is 12.1. The van der Waals surface area contributed by atoms with Crippen LogP contribution in [0.1, 0.15) is 32.6 Å². The Morgan fingerprint density at radius 3 is 2.76 bits per heavy atom. The first-order valence-corrected chi connectivity index (χ1v) is 6.34. The normalized spacial score (nSPS) is 33.0. The molecule has 0 bridgehead atoms. The zero-order valence-electron chi connectivity index (χ0n) is 10.2. The van der Waals surface area contributed by atoms with Crippen molar-refractivity contribution in [1.29, 1.82) is 0 Å². The lowest BCUT2D eigenvalue weighted by molar-refractivity contribution is -0.148. The molecule has 0 spiro atoms. The molecule has 2 aliphatic rings. The van der Waals surface area contributed by atoms with Gasteiger partial charge in [0.25, 0.3) is 0 Å². The van der Waals surface area contributed by atoms with E-state index in [-0.39, 0.29) is 11.9 Å². The Bertz CT molecular complexity index is 326. The van der Waals surface area contributed by atoms with E-state index in [1.54, 1.807) is 4.90 Å². The molecule has 2 N–H and O–H groups in total. The van der Waals surface area contributed by atoms with E-state index in [1.807, 2.05) is 6.92 Å². The van der Waals surface area contributed by atoms with Gasteiger partial charge < -0.3 is 15.3 Å². The van der Waals surface area contributed by atoms with E-state index in [0.717, 1.165) is 19.4 Å². The van der Waals surface area contributed by atoms with E-state index in [1.165, 1.54) is 0 Å². The number of carboxylic acids is 1. The van der Waals surface area contributed by atoms with Crippen molar-refractivity contribution in [3.05, 3.63) is 0 Å². The largest absolute Gasteiger partial charge is 0.481 e. The molecule has 0 radical (unpaired) electrons. The highest BCUT2D eigenvalue weighted by atomic mass is 16.4. The Labute approximate surface area is 101 Å². The fourth-order valence-corrected chi connectivity index (χ4v) is 2.79. The lowest BCUT2D eigenvalue weighted by atomic mass is 9.84. The summed E-state index contributed by atoms with van der Waals surface area (Å²) in [5.74, 6) is -0.686. The molecule has 1 amide bonds. The minimum atomic E-state index is -0.769. The molecule has 0 aromatic rings. The Hall–Kier alpha value is -1.10. The summed E-state index contributed by atoms with van der Waals surface area (Å²) in [4.78, 5) is 25.2. The van der Waals surface area contributed by atoms with Crippen molar-refractivity contribution >= 4 is 11.9 Å². The van der Waals surface area contributed by atoms with Crippen molar-refractivity contribution in [3.8, 4) is 0 Å². The molecule has 2 atom stereocenters. The first-order chi connectivity index (χ1) is 8.09. The molecule has 0 aliphatic carbocycles. The van der Waals surface area contributed by atoms with Gasteiger partial charge >= 0.3 is 5.97 Å². The van der Waals surface area contributed by atoms with E-state index in [2.05, 4.69) is 5.32 Å². The highest BCUT2D eigenvalue weighted by Gasteiger charge is 2.45. The standard InChI is InChI=1S/C12H20N2O3/c1-2-12(11(16)17)5-7-14(8-12)10(15)9-4-3-6-13-9/h9,13H,2-8H2,1H3,(H,16,17)/t9-,12?/m0/s1. The molecular formula is C12H20N2O3. The van der Waals surface area contributed by atoms with Gasteiger partial charge in [0.1, 0.15) is 0 Å². The summed E-state index contributed by atoms with van der Waals surface area (Å²) >= 11 is 0. The average molecular weight is 240 g/mol. The zero-order valence-corrected chi connectivity index (χ0v) is 10.2. The van der Waals surface area contributed by atoms with E-state index in [9.17, 15) is 14.7 Å². The third-order valence-electron chi connectivity index (χ3n) is 4.15. The molecule has 5 nitrogen and oxygen atoms in total. The summed E-state index contributed by atoms with van der Waals surface area (Å²) < 4.78 is 0. The van der Waals surface area contributed by atoms with Gasteiger partial charge in [0.2, 0.25) is 5.91 Å². The van der Waals surface area contributed by atoms with Crippen LogP contribution in [0.4, 0.5) is 0 Å². The van der Waals surface area contributed by atoms with Gasteiger partial charge in [-0.3, -0.25) is 9.59 Å². The fourth-order valence-electron chi connectivity index (χ4n) is 2.79. The second kappa shape index (κ2) is 4.64. The molecule has 1 unspecified atom stereocenters. The molecule has 2 saturated heterocycles. The van der Waals surface area contributed by atoms with Gasteiger partial charge in [-0.2, -0.15) is 0 Å². The third kappa shape index (κ3) is 2.16. The number of hydrogen-bond donors (Lipinski definition) is 2. The highest BCUT2D eigenvalue weighted by Crippen LogP contribution is 2.34. The first-order valence-electron chi connectivity index (χ1n) is 6.34. The summed E-state index contributed by atoms with van der Waals surface area (Å²) in [6.07, 6.45) is 3.07. The van der Waals surface area contributed by atoms with Gasteiger partial charge in [0.15, 0.2) is 0 Å². The number of carboxylic acid groups (broad SMARTS) is 1. The van der Waals surface area contributed by atoms with Crippen LogP contribution in [0.3, 0.4) is 0 Å². The van der Waals surface area contributed by atoms with Gasteiger partial charge in [-0.1, -0.05) is 6.92 Å². The number of carbonyl (C=O) groups is 2. The van der Waals surface area contributed by atoms with Crippen LogP contribution in [0.25, 0.3) is 0 Å². The Balaban J connectivity index is 2.01. The van der Waals surface area contributed by atoms with E-state index in [0.29, 0.717) is 25.9 Å². The number of amides is 1. The van der Waals surface area contributed by atoms with Crippen LogP contribution in [0.2, 0.25) is 0 Å². The minimum Gasteiger partial charge on any atom is -0.481 e. The number of nitrogens with one attached hydrogen (secondary N) is 1. The van der Waals surface area contributed by atoms with Crippen LogP contribution in [0, 0.1) is 5.41 Å². The van der Waals surface area contributed by atoms with Crippen molar-refractivity contribution in [3.63, 3.8) is 0 Å². The SMILES string of the molecule is CCC1(C(=O)O)CCN(C(=O)[C@@H]2CCCN2)C1. The van der Waals surface area contributed by atoms with Gasteiger partial charge in [-0.15, -0.1) is 0 Å². The molecule has 2 rings (SSSR count). The second-order valence-electron chi connectivity index (χ2n) is 5.10. The molecule has 5 heteroatoms. The molecule has 96 valence electrons. The molecule has 0 aromatic heterocycles.